The van der Waals surface area contributed by atoms with Crippen LogP contribution in [0.4, 0.5) is 0 Å². The van der Waals surface area contributed by atoms with E-state index in [0.29, 0.717) is 12.1 Å². The van der Waals surface area contributed by atoms with Crippen LogP contribution < -0.4 is 5.32 Å². The quantitative estimate of drug-likeness (QED) is 0.817. The second-order valence-corrected chi connectivity index (χ2v) is 6.34. The van der Waals surface area contributed by atoms with Gasteiger partial charge in [0.1, 0.15) is 0 Å². The number of hydrogen-bond acceptors (Lipinski definition) is 3. The van der Waals surface area contributed by atoms with Crippen molar-refractivity contribution in [2.45, 2.75) is 63.6 Å². The maximum atomic E-state index is 5.79. The van der Waals surface area contributed by atoms with Crippen molar-refractivity contribution in [1.29, 1.82) is 0 Å². The molecule has 0 amide bonds. The highest BCUT2D eigenvalue weighted by atomic mass is 16.5. The Kier molecular flexibility index (Phi) is 4.45. The lowest BCUT2D eigenvalue weighted by Crippen LogP contribution is -2.49. The van der Waals surface area contributed by atoms with E-state index in [-0.39, 0.29) is 5.60 Å². The van der Waals surface area contributed by atoms with Gasteiger partial charge < -0.3 is 15.0 Å². The minimum Gasteiger partial charge on any atom is -0.375 e. The molecule has 2 heterocycles. The van der Waals surface area contributed by atoms with E-state index in [4.69, 9.17) is 4.74 Å². The maximum Gasteiger partial charge on any atom is 0.0641 e. The highest BCUT2D eigenvalue weighted by molar-refractivity contribution is 4.86. The first-order valence-corrected chi connectivity index (χ1v) is 7.14. The Morgan fingerprint density at radius 1 is 1.29 bits per heavy atom. The highest BCUT2D eigenvalue weighted by Gasteiger charge is 2.31. The summed E-state index contributed by atoms with van der Waals surface area (Å²) < 4.78 is 5.79. The molecule has 100 valence electrons. The molecule has 2 aliphatic heterocycles. The summed E-state index contributed by atoms with van der Waals surface area (Å²) in [6, 6.07) is 1.40. The van der Waals surface area contributed by atoms with Crippen molar-refractivity contribution in [3.05, 3.63) is 0 Å². The largest absolute Gasteiger partial charge is 0.375 e. The van der Waals surface area contributed by atoms with Crippen molar-refractivity contribution in [1.82, 2.24) is 10.2 Å². The molecule has 2 atom stereocenters. The zero-order valence-electron chi connectivity index (χ0n) is 11.7. The Balaban J connectivity index is 1.80. The van der Waals surface area contributed by atoms with Crippen LogP contribution >= 0.6 is 0 Å². The third-order valence-corrected chi connectivity index (χ3v) is 4.22. The van der Waals surface area contributed by atoms with Crippen molar-refractivity contribution >= 4 is 0 Å². The van der Waals surface area contributed by atoms with Crippen LogP contribution in [-0.2, 0) is 4.74 Å². The van der Waals surface area contributed by atoms with Gasteiger partial charge in [0, 0.05) is 25.2 Å². The lowest BCUT2D eigenvalue weighted by Gasteiger charge is -2.41. The number of hydrogen-bond donors (Lipinski definition) is 1. The summed E-state index contributed by atoms with van der Waals surface area (Å²) in [5, 5.41) is 3.64. The SMILES string of the molecule is CN(CC1CCCCN1)C1CCOC(C)(C)C1. The number of nitrogens with zero attached hydrogens (tertiary/aromatic N) is 1. The standard InChI is InChI=1S/C14H28N2O/c1-14(2)10-13(7-9-17-14)16(3)11-12-6-4-5-8-15-12/h12-13,15H,4-11H2,1-3H3. The second kappa shape index (κ2) is 5.68. The van der Waals surface area contributed by atoms with Crippen LogP contribution in [0, 0.1) is 0 Å². The molecule has 0 radical (unpaired) electrons. The predicted octanol–water partition coefficient (Wildman–Crippen LogP) is 2.02. The van der Waals surface area contributed by atoms with Gasteiger partial charge in [0.05, 0.1) is 5.60 Å². The van der Waals surface area contributed by atoms with E-state index in [1.807, 2.05) is 0 Å². The monoisotopic (exact) mass is 240 g/mol. The first-order valence-electron chi connectivity index (χ1n) is 7.14. The molecule has 2 saturated heterocycles. The molecule has 0 aromatic rings. The van der Waals surface area contributed by atoms with Crippen molar-refractivity contribution in [2.24, 2.45) is 0 Å². The molecular weight excluding hydrogens is 212 g/mol. The van der Waals surface area contributed by atoms with Crippen molar-refractivity contribution in [2.75, 3.05) is 26.7 Å². The van der Waals surface area contributed by atoms with Gasteiger partial charge in [-0.2, -0.15) is 0 Å². The average Bonchev–Trinajstić information content (AvgIpc) is 2.29. The molecule has 2 fully saturated rings. The first kappa shape index (κ1) is 13.3. The van der Waals surface area contributed by atoms with E-state index in [1.165, 1.54) is 38.8 Å². The van der Waals surface area contributed by atoms with Crippen LogP contribution in [0.5, 0.6) is 0 Å². The van der Waals surface area contributed by atoms with Crippen LogP contribution in [0.2, 0.25) is 0 Å². The summed E-state index contributed by atoms with van der Waals surface area (Å²) in [6.45, 7) is 7.75. The van der Waals surface area contributed by atoms with Gasteiger partial charge in [-0.25, -0.2) is 0 Å². The Morgan fingerprint density at radius 2 is 2.12 bits per heavy atom. The van der Waals surface area contributed by atoms with Crippen molar-refractivity contribution < 1.29 is 4.74 Å². The fraction of sp³-hybridized carbons (Fsp3) is 1.00. The van der Waals surface area contributed by atoms with Gasteiger partial charge >= 0.3 is 0 Å². The molecule has 0 aliphatic carbocycles. The summed E-state index contributed by atoms with van der Waals surface area (Å²) in [6.07, 6.45) is 6.44. The zero-order chi connectivity index (χ0) is 12.3. The zero-order valence-corrected chi connectivity index (χ0v) is 11.7. The topological polar surface area (TPSA) is 24.5 Å². The molecule has 17 heavy (non-hydrogen) atoms. The number of nitrogens with one attached hydrogen (secondary N) is 1. The molecule has 3 heteroatoms. The van der Waals surface area contributed by atoms with Gasteiger partial charge in [0.25, 0.3) is 0 Å². The lowest BCUT2D eigenvalue weighted by molar-refractivity contribution is -0.0808. The van der Waals surface area contributed by atoms with Gasteiger partial charge in [-0.1, -0.05) is 6.42 Å². The highest BCUT2D eigenvalue weighted by Crippen LogP contribution is 2.27. The molecule has 3 nitrogen and oxygen atoms in total. The summed E-state index contributed by atoms with van der Waals surface area (Å²) >= 11 is 0. The first-order chi connectivity index (χ1) is 8.07. The van der Waals surface area contributed by atoms with Crippen LogP contribution in [-0.4, -0.2) is 49.3 Å². The Morgan fingerprint density at radius 3 is 2.76 bits per heavy atom. The van der Waals surface area contributed by atoms with Crippen molar-refractivity contribution in [3.63, 3.8) is 0 Å². The van der Waals surface area contributed by atoms with Gasteiger partial charge in [-0.05, 0) is 53.1 Å². The fourth-order valence-corrected chi connectivity index (χ4v) is 3.15. The van der Waals surface area contributed by atoms with Gasteiger partial charge in [0.15, 0.2) is 0 Å². The third kappa shape index (κ3) is 3.94. The van der Waals surface area contributed by atoms with Crippen LogP contribution in [0.1, 0.15) is 46.0 Å². The number of piperidine rings is 1. The average molecular weight is 240 g/mol. The smallest absolute Gasteiger partial charge is 0.0641 e. The predicted molar refractivity (Wildman–Crippen MR) is 71.3 cm³/mol. The Labute approximate surface area is 106 Å². The Hall–Kier alpha value is -0.120. The molecule has 0 aromatic heterocycles. The fourth-order valence-electron chi connectivity index (χ4n) is 3.15. The maximum absolute atomic E-state index is 5.79. The molecule has 0 spiro atoms. The van der Waals surface area contributed by atoms with E-state index in [1.54, 1.807) is 0 Å². The minimum atomic E-state index is 0.0666. The minimum absolute atomic E-state index is 0.0666. The van der Waals surface area contributed by atoms with Crippen molar-refractivity contribution in [3.8, 4) is 0 Å². The summed E-state index contributed by atoms with van der Waals surface area (Å²) in [7, 11) is 2.28. The summed E-state index contributed by atoms with van der Waals surface area (Å²) in [5.74, 6) is 0. The van der Waals surface area contributed by atoms with E-state index in [9.17, 15) is 0 Å². The molecule has 0 bridgehead atoms. The van der Waals surface area contributed by atoms with Crippen LogP contribution in [0.25, 0.3) is 0 Å². The molecule has 0 saturated carbocycles. The van der Waals surface area contributed by atoms with E-state index < -0.39 is 0 Å². The third-order valence-electron chi connectivity index (χ3n) is 4.22. The van der Waals surface area contributed by atoms with E-state index >= 15 is 0 Å². The molecule has 2 aliphatic rings. The normalized spacial score (nSPS) is 33.9. The molecule has 0 aromatic carbocycles. The second-order valence-electron chi connectivity index (χ2n) is 6.34. The van der Waals surface area contributed by atoms with Gasteiger partial charge in [-0.3, -0.25) is 0 Å². The van der Waals surface area contributed by atoms with E-state index in [0.717, 1.165) is 13.0 Å². The molecule has 2 unspecified atom stereocenters. The molecule has 2 rings (SSSR count). The summed E-state index contributed by atoms with van der Waals surface area (Å²) in [5.41, 5.74) is 0.0666. The lowest BCUT2D eigenvalue weighted by atomic mass is 9.92. The molecular formula is C14H28N2O. The number of rotatable bonds is 3. The summed E-state index contributed by atoms with van der Waals surface area (Å²) in [4.78, 5) is 2.55. The van der Waals surface area contributed by atoms with Crippen LogP contribution in [0.15, 0.2) is 0 Å². The van der Waals surface area contributed by atoms with Crippen LogP contribution in [0.3, 0.4) is 0 Å². The van der Waals surface area contributed by atoms with E-state index in [2.05, 4.69) is 31.1 Å². The van der Waals surface area contributed by atoms with Gasteiger partial charge in [-0.15, -0.1) is 0 Å². The number of ether oxygens (including phenoxy) is 1. The number of likely N-dealkylation sites (N-methyl/N-ethyl adjacent to an activating group) is 1. The Bertz CT molecular complexity index is 236. The molecule has 1 N–H and O–H groups in total. The van der Waals surface area contributed by atoms with Gasteiger partial charge in [0.2, 0.25) is 0 Å².